The molecule has 1 aliphatic carbocycles. The molecule has 3 rings (SSSR count). The van der Waals surface area contributed by atoms with Gasteiger partial charge in [-0.3, -0.25) is 0 Å². The van der Waals surface area contributed by atoms with Gasteiger partial charge in [-0.15, -0.1) is 0 Å². The summed E-state index contributed by atoms with van der Waals surface area (Å²) in [5, 5.41) is 0. The average molecular weight is 312 g/mol. The number of hydrogen-bond acceptors (Lipinski definition) is 1. The maximum atomic E-state index is 6.40. The zero-order valence-electron chi connectivity index (χ0n) is 15.5. The van der Waals surface area contributed by atoms with Gasteiger partial charge in [0.25, 0.3) is 0 Å². The minimum absolute atomic E-state index is 0.117. The van der Waals surface area contributed by atoms with Crippen molar-refractivity contribution in [2.75, 3.05) is 6.61 Å². The number of benzene rings is 1. The first kappa shape index (κ1) is 16.8. The molecule has 126 valence electrons. The van der Waals surface area contributed by atoms with E-state index in [4.69, 9.17) is 4.74 Å². The van der Waals surface area contributed by atoms with Crippen molar-refractivity contribution < 1.29 is 4.74 Å². The first-order chi connectivity index (χ1) is 10.7. The van der Waals surface area contributed by atoms with Crippen LogP contribution in [-0.4, -0.2) is 6.61 Å². The summed E-state index contributed by atoms with van der Waals surface area (Å²) in [5.74, 6) is 1.81. The quantitative estimate of drug-likeness (QED) is 0.604. The van der Waals surface area contributed by atoms with Gasteiger partial charge in [0.15, 0.2) is 0 Å². The Kier molecular flexibility index (Phi) is 4.21. The molecule has 1 saturated heterocycles. The molecule has 1 nitrogen and oxygen atoms in total. The fraction of sp³-hybridized carbons (Fsp3) is 0.636. The molecule has 1 heteroatoms. The van der Waals surface area contributed by atoms with Crippen LogP contribution < -0.4 is 0 Å². The van der Waals surface area contributed by atoms with Crippen molar-refractivity contribution in [3.8, 4) is 0 Å². The minimum atomic E-state index is -0.117. The highest BCUT2D eigenvalue weighted by Gasteiger charge is 2.52. The third kappa shape index (κ3) is 2.89. The highest BCUT2D eigenvalue weighted by Crippen LogP contribution is 2.56. The van der Waals surface area contributed by atoms with Gasteiger partial charge < -0.3 is 4.74 Å². The molecule has 0 amide bonds. The standard InChI is InChI=1S/C22H32O/c1-15(2)17-7-9-18(10-8-17)22-12-11-19(21(4,5)6)13-20(22)16(3)14-23-22/h7-10,15,19-20H,3,11-14H2,1-2,4-6H3/t19-,20+,22-/m1/s1. The Morgan fingerprint density at radius 1 is 1.17 bits per heavy atom. The molecule has 2 fully saturated rings. The summed E-state index contributed by atoms with van der Waals surface area (Å²) in [6, 6.07) is 9.18. The van der Waals surface area contributed by atoms with Gasteiger partial charge in [0.1, 0.15) is 5.60 Å². The van der Waals surface area contributed by atoms with Gasteiger partial charge >= 0.3 is 0 Å². The fourth-order valence-electron chi connectivity index (χ4n) is 4.51. The monoisotopic (exact) mass is 312 g/mol. The van der Waals surface area contributed by atoms with E-state index in [1.165, 1.54) is 29.5 Å². The first-order valence-corrected chi connectivity index (χ1v) is 9.16. The molecule has 1 aromatic carbocycles. The van der Waals surface area contributed by atoms with Gasteiger partial charge in [-0.25, -0.2) is 0 Å². The van der Waals surface area contributed by atoms with E-state index in [2.05, 4.69) is 65.5 Å². The van der Waals surface area contributed by atoms with Crippen LogP contribution in [0.15, 0.2) is 36.4 Å². The summed E-state index contributed by atoms with van der Waals surface area (Å²) in [4.78, 5) is 0. The molecule has 3 atom stereocenters. The van der Waals surface area contributed by atoms with E-state index in [0.717, 1.165) is 18.9 Å². The van der Waals surface area contributed by atoms with Crippen LogP contribution in [0.5, 0.6) is 0 Å². The Hall–Kier alpha value is -1.08. The Balaban J connectivity index is 1.92. The molecule has 0 N–H and O–H groups in total. The van der Waals surface area contributed by atoms with Crippen LogP contribution in [0.4, 0.5) is 0 Å². The smallest absolute Gasteiger partial charge is 0.100 e. The lowest BCUT2D eigenvalue weighted by molar-refractivity contribution is -0.0715. The van der Waals surface area contributed by atoms with Crippen molar-refractivity contribution in [3.63, 3.8) is 0 Å². The Morgan fingerprint density at radius 3 is 2.39 bits per heavy atom. The SMILES string of the molecule is C=C1CO[C@@]2(c3ccc(C(C)C)cc3)CC[C@@H](C(C)(C)C)C[C@@H]12. The van der Waals surface area contributed by atoms with Gasteiger partial charge in [0, 0.05) is 5.92 Å². The Bertz CT molecular complexity index is 575. The molecule has 0 unspecified atom stereocenters. The summed E-state index contributed by atoms with van der Waals surface area (Å²) < 4.78 is 6.40. The predicted octanol–water partition coefficient (Wildman–Crippen LogP) is 6.05. The van der Waals surface area contributed by atoms with E-state index < -0.39 is 0 Å². The average Bonchev–Trinajstić information content (AvgIpc) is 2.84. The molecule has 1 saturated carbocycles. The Labute approximate surface area is 142 Å². The summed E-state index contributed by atoms with van der Waals surface area (Å²) in [6.45, 7) is 16.7. The molecule has 0 spiro atoms. The number of hydrogen-bond donors (Lipinski definition) is 0. The molecule has 1 heterocycles. The van der Waals surface area contributed by atoms with E-state index >= 15 is 0 Å². The second-order valence-corrected chi connectivity index (χ2v) is 9.00. The van der Waals surface area contributed by atoms with E-state index in [1.54, 1.807) is 0 Å². The zero-order chi connectivity index (χ0) is 16.8. The summed E-state index contributed by atoms with van der Waals surface area (Å²) in [6.07, 6.45) is 3.59. The van der Waals surface area contributed by atoms with Crippen LogP contribution in [0.25, 0.3) is 0 Å². The molecule has 0 bridgehead atoms. The maximum absolute atomic E-state index is 6.40. The van der Waals surface area contributed by atoms with Crippen molar-refractivity contribution in [2.45, 2.75) is 65.4 Å². The number of fused-ring (bicyclic) bond motifs is 1. The first-order valence-electron chi connectivity index (χ1n) is 9.16. The number of rotatable bonds is 2. The van der Waals surface area contributed by atoms with Crippen molar-refractivity contribution in [3.05, 3.63) is 47.5 Å². The molecule has 0 aromatic heterocycles. The largest absolute Gasteiger partial charge is 0.365 e. The molecular weight excluding hydrogens is 280 g/mol. The van der Waals surface area contributed by atoms with Crippen LogP contribution in [0.2, 0.25) is 0 Å². The van der Waals surface area contributed by atoms with Crippen molar-refractivity contribution in [1.82, 2.24) is 0 Å². The molecule has 1 aliphatic heterocycles. The second kappa shape index (κ2) is 5.77. The zero-order valence-corrected chi connectivity index (χ0v) is 15.5. The lowest BCUT2D eigenvalue weighted by Gasteiger charge is -2.46. The minimum Gasteiger partial charge on any atom is -0.365 e. The third-order valence-corrected chi connectivity index (χ3v) is 6.25. The van der Waals surface area contributed by atoms with Gasteiger partial charge in [-0.2, -0.15) is 0 Å². The third-order valence-electron chi connectivity index (χ3n) is 6.25. The highest BCUT2D eigenvalue weighted by atomic mass is 16.5. The van der Waals surface area contributed by atoms with Gasteiger partial charge in [-0.1, -0.05) is 65.5 Å². The summed E-state index contributed by atoms with van der Waals surface area (Å²) >= 11 is 0. The number of ether oxygens (including phenoxy) is 1. The normalized spacial score (nSPS) is 31.5. The predicted molar refractivity (Wildman–Crippen MR) is 97.6 cm³/mol. The highest BCUT2D eigenvalue weighted by molar-refractivity contribution is 5.34. The van der Waals surface area contributed by atoms with Crippen LogP contribution in [0.1, 0.15) is 70.9 Å². The van der Waals surface area contributed by atoms with Crippen molar-refractivity contribution in [2.24, 2.45) is 17.3 Å². The summed E-state index contributed by atoms with van der Waals surface area (Å²) in [7, 11) is 0. The fourth-order valence-corrected chi connectivity index (χ4v) is 4.51. The molecule has 0 radical (unpaired) electrons. The van der Waals surface area contributed by atoms with Crippen LogP contribution in [0, 0.1) is 17.3 Å². The van der Waals surface area contributed by atoms with Gasteiger partial charge in [0.2, 0.25) is 0 Å². The molecule has 2 aliphatic rings. The molecular formula is C22H32O. The van der Waals surface area contributed by atoms with E-state index in [9.17, 15) is 0 Å². The van der Waals surface area contributed by atoms with E-state index in [-0.39, 0.29) is 5.60 Å². The molecule has 23 heavy (non-hydrogen) atoms. The molecule has 1 aromatic rings. The maximum Gasteiger partial charge on any atom is 0.100 e. The van der Waals surface area contributed by atoms with Gasteiger partial charge in [0.05, 0.1) is 6.61 Å². The van der Waals surface area contributed by atoms with Crippen molar-refractivity contribution >= 4 is 0 Å². The van der Waals surface area contributed by atoms with Crippen LogP contribution >= 0.6 is 0 Å². The van der Waals surface area contributed by atoms with Crippen molar-refractivity contribution in [1.29, 1.82) is 0 Å². The van der Waals surface area contributed by atoms with E-state index in [1.807, 2.05) is 0 Å². The lowest BCUT2D eigenvalue weighted by Crippen LogP contribution is -2.41. The van der Waals surface area contributed by atoms with Crippen LogP contribution in [-0.2, 0) is 10.3 Å². The summed E-state index contributed by atoms with van der Waals surface area (Å²) in [5.41, 5.74) is 4.32. The topological polar surface area (TPSA) is 9.23 Å². The lowest BCUT2D eigenvalue weighted by atomic mass is 9.61. The van der Waals surface area contributed by atoms with Gasteiger partial charge in [-0.05, 0) is 53.2 Å². The second-order valence-electron chi connectivity index (χ2n) is 9.00. The van der Waals surface area contributed by atoms with Crippen LogP contribution in [0.3, 0.4) is 0 Å². The van der Waals surface area contributed by atoms with E-state index in [0.29, 0.717) is 17.3 Å². The Morgan fingerprint density at radius 2 is 1.83 bits per heavy atom.